The molecule has 2 aromatic carbocycles. The third-order valence-electron chi connectivity index (χ3n) is 9.74. The fourth-order valence-electron chi connectivity index (χ4n) is 7.02. The standard InChI is InChI=1S/C39H41Cl2N5O8/c1-53-37-23(18-42-20-25(47)17-33(48)49)16-31(40)38(46-37)54-32-13-12-27-26(6-2-7-28(27)32)29-8-3-9-30(34(29)41)36(50)45-35-21(5-4-14-43-35)15-24-11-10-22(19-44-24)39(51)52/h2-9,14,16,22,24-25,32,42,44,47H,10-13,15,17-20H2,1H3,(H,48,49)(H,51,52)(H,43,45,50)/t22?,24?,25-,32-/m0/s1. The van der Waals surface area contributed by atoms with Gasteiger partial charge in [-0.05, 0) is 72.6 Å². The molecule has 1 saturated heterocycles. The van der Waals surface area contributed by atoms with Gasteiger partial charge in [0, 0.05) is 43.0 Å². The van der Waals surface area contributed by atoms with E-state index in [1.165, 1.54) is 7.11 Å². The van der Waals surface area contributed by atoms with Gasteiger partial charge in [-0.1, -0.05) is 59.6 Å². The van der Waals surface area contributed by atoms with Crippen LogP contribution in [0.25, 0.3) is 11.1 Å². The first-order valence-corrected chi connectivity index (χ1v) is 18.4. The number of halogens is 2. The number of hydrogen-bond acceptors (Lipinski definition) is 10. The number of fused-ring (bicyclic) bond motifs is 1. The number of hydrogen-bond donors (Lipinski definition) is 6. The van der Waals surface area contributed by atoms with Crippen LogP contribution >= 0.6 is 23.2 Å². The number of aromatic nitrogens is 2. The summed E-state index contributed by atoms with van der Waals surface area (Å²) in [5, 5.41) is 37.9. The highest BCUT2D eigenvalue weighted by molar-refractivity contribution is 6.37. The zero-order valence-electron chi connectivity index (χ0n) is 29.5. The molecule has 284 valence electrons. The van der Waals surface area contributed by atoms with Crippen molar-refractivity contribution in [1.29, 1.82) is 0 Å². The Bertz CT molecular complexity index is 2020. The molecule has 0 bridgehead atoms. The van der Waals surface area contributed by atoms with Crippen molar-refractivity contribution in [2.24, 2.45) is 5.92 Å². The first-order chi connectivity index (χ1) is 26.0. The molecule has 2 unspecified atom stereocenters. The van der Waals surface area contributed by atoms with Crippen LogP contribution in [0.3, 0.4) is 0 Å². The van der Waals surface area contributed by atoms with Crippen molar-refractivity contribution < 1.29 is 39.2 Å². The molecular formula is C39H41Cl2N5O8. The van der Waals surface area contributed by atoms with Crippen LogP contribution in [-0.4, -0.2) is 75.5 Å². The number of carbonyl (C=O) groups excluding carboxylic acids is 1. The van der Waals surface area contributed by atoms with Crippen LogP contribution in [0.2, 0.25) is 10.0 Å². The van der Waals surface area contributed by atoms with Crippen molar-refractivity contribution in [1.82, 2.24) is 20.6 Å². The summed E-state index contributed by atoms with van der Waals surface area (Å²) in [5.74, 6) is -1.79. The van der Waals surface area contributed by atoms with E-state index >= 15 is 0 Å². The summed E-state index contributed by atoms with van der Waals surface area (Å²) in [6, 6.07) is 16.7. The Morgan fingerprint density at radius 2 is 1.80 bits per heavy atom. The average Bonchev–Trinajstić information content (AvgIpc) is 3.56. The number of benzene rings is 2. The lowest BCUT2D eigenvalue weighted by atomic mass is 9.91. The van der Waals surface area contributed by atoms with Gasteiger partial charge in [0.1, 0.15) is 16.9 Å². The molecule has 2 aliphatic rings. The number of carboxylic acids is 2. The number of methoxy groups -OCH3 is 1. The van der Waals surface area contributed by atoms with Crippen molar-refractivity contribution in [3.8, 4) is 22.9 Å². The second kappa shape index (κ2) is 17.6. The molecule has 1 aliphatic heterocycles. The molecular weight excluding hydrogens is 737 g/mol. The summed E-state index contributed by atoms with van der Waals surface area (Å²) in [7, 11) is 1.47. The highest BCUT2D eigenvalue weighted by atomic mass is 35.5. The van der Waals surface area contributed by atoms with Gasteiger partial charge in [0.05, 0.1) is 36.1 Å². The van der Waals surface area contributed by atoms with Crippen LogP contribution < -0.4 is 25.4 Å². The molecule has 1 fully saturated rings. The van der Waals surface area contributed by atoms with E-state index in [0.717, 1.165) is 22.3 Å². The van der Waals surface area contributed by atoms with E-state index in [1.807, 2.05) is 36.4 Å². The molecule has 15 heteroatoms. The van der Waals surface area contributed by atoms with Crippen LogP contribution in [0, 0.1) is 5.92 Å². The predicted molar refractivity (Wildman–Crippen MR) is 202 cm³/mol. The maximum atomic E-state index is 13.7. The highest BCUT2D eigenvalue weighted by Crippen LogP contribution is 2.43. The number of carboxylic acid groups (broad SMARTS) is 2. The Kier molecular flexibility index (Phi) is 12.7. The predicted octanol–water partition coefficient (Wildman–Crippen LogP) is 5.70. The largest absolute Gasteiger partial charge is 0.481 e. The lowest BCUT2D eigenvalue weighted by Gasteiger charge is -2.28. The normalized spacial score (nSPS) is 18.4. The van der Waals surface area contributed by atoms with Gasteiger partial charge < -0.3 is 40.7 Å². The molecule has 4 aromatic rings. The van der Waals surface area contributed by atoms with Gasteiger partial charge >= 0.3 is 11.9 Å². The maximum Gasteiger partial charge on any atom is 0.307 e. The van der Waals surface area contributed by atoms with Crippen LogP contribution in [-0.2, 0) is 29.0 Å². The number of nitrogens with one attached hydrogen (secondary N) is 3. The molecule has 1 aliphatic carbocycles. The fraction of sp³-hybridized carbons (Fsp3) is 0.359. The molecule has 2 aromatic heterocycles. The quantitative estimate of drug-likeness (QED) is 0.0865. The monoisotopic (exact) mass is 777 g/mol. The number of piperidine rings is 1. The van der Waals surface area contributed by atoms with Crippen molar-refractivity contribution in [3.05, 3.63) is 98.7 Å². The minimum Gasteiger partial charge on any atom is -0.481 e. The third-order valence-corrected chi connectivity index (χ3v) is 10.4. The maximum absolute atomic E-state index is 13.7. The van der Waals surface area contributed by atoms with Gasteiger partial charge in [-0.15, -0.1) is 0 Å². The van der Waals surface area contributed by atoms with Gasteiger partial charge in [-0.2, -0.15) is 4.98 Å². The minimum atomic E-state index is -1.09. The number of amides is 1. The molecule has 6 rings (SSSR count). The summed E-state index contributed by atoms with van der Waals surface area (Å²) in [4.78, 5) is 44.9. The first kappa shape index (κ1) is 38.9. The Labute approximate surface area is 322 Å². The highest BCUT2D eigenvalue weighted by Gasteiger charge is 2.30. The van der Waals surface area contributed by atoms with E-state index < -0.39 is 29.9 Å². The van der Waals surface area contributed by atoms with E-state index in [4.69, 9.17) is 37.8 Å². The van der Waals surface area contributed by atoms with Crippen LogP contribution in [0.4, 0.5) is 5.82 Å². The van der Waals surface area contributed by atoms with E-state index in [-0.39, 0.29) is 48.4 Å². The number of aliphatic hydroxyl groups excluding tert-OH is 1. The van der Waals surface area contributed by atoms with E-state index in [9.17, 15) is 24.6 Å². The number of rotatable bonds is 15. The van der Waals surface area contributed by atoms with Crippen LogP contribution in [0.5, 0.6) is 11.8 Å². The number of nitrogens with zero attached hydrogens (tertiary/aromatic N) is 2. The fourth-order valence-corrected chi connectivity index (χ4v) is 7.56. The zero-order chi connectivity index (χ0) is 38.4. The molecule has 0 saturated carbocycles. The van der Waals surface area contributed by atoms with Gasteiger partial charge in [0.2, 0.25) is 11.8 Å². The lowest BCUT2D eigenvalue weighted by molar-refractivity contribution is -0.142. The Balaban J connectivity index is 1.16. The third kappa shape index (κ3) is 9.11. The van der Waals surface area contributed by atoms with Crippen molar-refractivity contribution in [3.63, 3.8) is 0 Å². The Morgan fingerprint density at radius 1 is 1.00 bits per heavy atom. The molecule has 13 nitrogen and oxygen atoms in total. The molecule has 54 heavy (non-hydrogen) atoms. The molecule has 1 amide bonds. The smallest absolute Gasteiger partial charge is 0.307 e. The summed E-state index contributed by atoms with van der Waals surface area (Å²) in [6.07, 6.45) is 3.02. The average molecular weight is 779 g/mol. The van der Waals surface area contributed by atoms with E-state index in [0.29, 0.717) is 66.2 Å². The number of pyridine rings is 2. The van der Waals surface area contributed by atoms with Crippen LogP contribution in [0.1, 0.15) is 64.4 Å². The number of aliphatic carboxylic acids is 2. The molecule has 4 atom stereocenters. The number of carbonyl (C=O) groups is 3. The van der Waals surface area contributed by atoms with Crippen LogP contribution in [0.15, 0.2) is 60.8 Å². The van der Waals surface area contributed by atoms with Crippen molar-refractivity contribution >= 4 is 46.9 Å². The molecule has 6 N–H and O–H groups in total. The summed E-state index contributed by atoms with van der Waals surface area (Å²) in [5.41, 5.74) is 5.29. The minimum absolute atomic E-state index is 0.0622. The second-order valence-corrected chi connectivity index (χ2v) is 14.2. The van der Waals surface area contributed by atoms with E-state index in [1.54, 1.807) is 24.4 Å². The Morgan fingerprint density at radius 3 is 2.54 bits per heavy atom. The summed E-state index contributed by atoms with van der Waals surface area (Å²) in [6.45, 7) is 0.697. The van der Waals surface area contributed by atoms with Gasteiger partial charge in [-0.3, -0.25) is 14.4 Å². The lowest BCUT2D eigenvalue weighted by Crippen LogP contribution is -2.42. The SMILES string of the molecule is COc1nc(O[C@H]2CCc3c(-c4cccc(C(=O)Nc5ncccc5CC5CCC(C(=O)O)CN5)c4Cl)cccc32)c(Cl)cc1CNC[C@@H](O)CC(=O)O. The topological polar surface area (TPSA) is 192 Å². The van der Waals surface area contributed by atoms with E-state index in [2.05, 4.69) is 25.9 Å². The number of anilines is 1. The second-order valence-electron chi connectivity index (χ2n) is 13.4. The summed E-state index contributed by atoms with van der Waals surface area (Å²) < 4.78 is 11.9. The van der Waals surface area contributed by atoms with Gasteiger partial charge in [-0.25, -0.2) is 4.98 Å². The first-order valence-electron chi connectivity index (χ1n) is 17.6. The van der Waals surface area contributed by atoms with Crippen molar-refractivity contribution in [2.45, 2.75) is 63.3 Å². The zero-order valence-corrected chi connectivity index (χ0v) is 31.0. The number of aliphatic hydroxyl groups is 1. The van der Waals surface area contributed by atoms with Crippen molar-refractivity contribution in [2.75, 3.05) is 25.5 Å². The molecule has 3 heterocycles. The molecule has 0 spiro atoms. The number of ether oxygens (including phenoxy) is 2. The van der Waals surface area contributed by atoms with Gasteiger partial charge in [0.15, 0.2) is 0 Å². The summed E-state index contributed by atoms with van der Waals surface area (Å²) >= 11 is 13.6. The Hall–Kier alpha value is -4.79. The molecule has 0 radical (unpaired) electrons. The van der Waals surface area contributed by atoms with Gasteiger partial charge in [0.25, 0.3) is 5.91 Å².